The number of amides is 1. The highest BCUT2D eigenvalue weighted by atomic mass is 32.1. The van der Waals surface area contributed by atoms with E-state index in [1.54, 1.807) is 6.92 Å². The highest BCUT2D eigenvalue weighted by molar-refractivity contribution is 7.14. The molecule has 2 aromatic rings. The van der Waals surface area contributed by atoms with E-state index in [1.165, 1.54) is 11.3 Å². The lowest BCUT2D eigenvalue weighted by Crippen LogP contribution is -2.27. The molecule has 0 fully saturated rings. The minimum atomic E-state index is -0.441. The molecule has 1 N–H and O–H groups in total. The Hall–Kier alpha value is -1.69. The van der Waals surface area contributed by atoms with Gasteiger partial charge >= 0.3 is 0 Å². The third-order valence-corrected chi connectivity index (χ3v) is 3.22. The fourth-order valence-electron chi connectivity index (χ4n) is 1.27. The second-order valence-corrected chi connectivity index (χ2v) is 5.93. The fraction of sp³-hybridized carbons (Fsp3) is 0.417. The second-order valence-electron chi connectivity index (χ2n) is 5.01. The minimum absolute atomic E-state index is 0.0432. The first-order chi connectivity index (χ1) is 8.38. The molecular weight excluding hydrogens is 250 g/mol. The topological polar surface area (TPSA) is 68.0 Å². The van der Waals surface area contributed by atoms with Crippen molar-refractivity contribution in [3.63, 3.8) is 0 Å². The van der Waals surface area contributed by atoms with Gasteiger partial charge in [0.15, 0.2) is 5.82 Å². The maximum absolute atomic E-state index is 11.9. The molecule has 2 heterocycles. The van der Waals surface area contributed by atoms with Gasteiger partial charge in [0.25, 0.3) is 5.89 Å². The predicted molar refractivity (Wildman–Crippen MR) is 70.4 cm³/mol. The van der Waals surface area contributed by atoms with Gasteiger partial charge in [-0.05, 0) is 18.4 Å². The van der Waals surface area contributed by atoms with Crippen LogP contribution in [0.25, 0.3) is 10.8 Å². The maximum atomic E-state index is 11.9. The lowest BCUT2D eigenvalue weighted by atomic mass is 9.95. The fourth-order valence-corrected chi connectivity index (χ4v) is 2.04. The molecule has 0 saturated carbocycles. The van der Waals surface area contributed by atoms with Gasteiger partial charge in [0.2, 0.25) is 5.91 Å². The van der Waals surface area contributed by atoms with Crippen molar-refractivity contribution in [3.05, 3.63) is 17.3 Å². The Labute approximate surface area is 109 Å². The molecule has 0 radical (unpaired) electrons. The van der Waals surface area contributed by atoms with E-state index in [1.807, 2.05) is 32.2 Å². The SMILES string of the molecule is Cc1noc(-c2sccc2NC(=O)C(C)(C)C)n1. The minimum Gasteiger partial charge on any atom is -0.333 e. The molecule has 96 valence electrons. The number of anilines is 1. The smallest absolute Gasteiger partial charge is 0.270 e. The van der Waals surface area contributed by atoms with Crippen LogP contribution in [0, 0.1) is 12.3 Å². The zero-order valence-corrected chi connectivity index (χ0v) is 11.6. The van der Waals surface area contributed by atoms with Crippen LogP contribution < -0.4 is 5.32 Å². The largest absolute Gasteiger partial charge is 0.333 e. The van der Waals surface area contributed by atoms with Crippen molar-refractivity contribution in [2.45, 2.75) is 27.7 Å². The number of nitrogens with one attached hydrogen (secondary N) is 1. The highest BCUT2D eigenvalue weighted by Crippen LogP contribution is 2.33. The van der Waals surface area contributed by atoms with Crippen molar-refractivity contribution in [2.75, 3.05) is 5.32 Å². The van der Waals surface area contributed by atoms with Gasteiger partial charge < -0.3 is 9.84 Å². The number of aryl methyl sites for hydroxylation is 1. The average Bonchev–Trinajstić information content (AvgIpc) is 2.85. The molecule has 6 heteroatoms. The summed E-state index contributed by atoms with van der Waals surface area (Å²) in [7, 11) is 0. The van der Waals surface area contributed by atoms with E-state index in [2.05, 4.69) is 15.5 Å². The number of carbonyl (C=O) groups excluding carboxylic acids is 1. The van der Waals surface area contributed by atoms with Crippen LogP contribution >= 0.6 is 11.3 Å². The van der Waals surface area contributed by atoms with E-state index >= 15 is 0 Å². The molecule has 18 heavy (non-hydrogen) atoms. The number of nitrogens with zero attached hydrogens (tertiary/aromatic N) is 2. The molecule has 0 aliphatic heterocycles. The van der Waals surface area contributed by atoms with Crippen molar-refractivity contribution in [2.24, 2.45) is 5.41 Å². The number of rotatable bonds is 2. The Bertz CT molecular complexity index is 566. The Morgan fingerprint density at radius 1 is 1.44 bits per heavy atom. The van der Waals surface area contributed by atoms with E-state index < -0.39 is 5.41 Å². The van der Waals surface area contributed by atoms with E-state index in [9.17, 15) is 4.79 Å². The predicted octanol–water partition coefficient (Wildman–Crippen LogP) is 3.09. The monoisotopic (exact) mass is 265 g/mol. The van der Waals surface area contributed by atoms with Crippen LogP contribution in [0.4, 0.5) is 5.69 Å². The molecule has 0 aliphatic rings. The average molecular weight is 265 g/mol. The Morgan fingerprint density at radius 3 is 2.72 bits per heavy atom. The molecule has 0 unspecified atom stereocenters. The summed E-state index contributed by atoms with van der Waals surface area (Å²) < 4.78 is 5.11. The first-order valence-corrected chi connectivity index (χ1v) is 6.45. The lowest BCUT2D eigenvalue weighted by molar-refractivity contribution is -0.123. The van der Waals surface area contributed by atoms with Crippen molar-refractivity contribution >= 4 is 22.9 Å². The van der Waals surface area contributed by atoms with Gasteiger partial charge in [-0.1, -0.05) is 25.9 Å². The highest BCUT2D eigenvalue weighted by Gasteiger charge is 2.23. The molecular formula is C12H15N3O2S. The second kappa shape index (κ2) is 4.53. The van der Waals surface area contributed by atoms with Crippen LogP contribution in [0.5, 0.6) is 0 Å². The molecule has 2 aromatic heterocycles. The van der Waals surface area contributed by atoms with E-state index in [0.29, 0.717) is 17.4 Å². The molecule has 0 atom stereocenters. The van der Waals surface area contributed by atoms with Crippen LogP contribution in [0.15, 0.2) is 16.0 Å². The van der Waals surface area contributed by atoms with E-state index in [4.69, 9.17) is 4.52 Å². The third kappa shape index (κ3) is 2.59. The molecule has 2 rings (SSSR count). The Balaban J connectivity index is 2.26. The standard InChI is InChI=1S/C12H15N3O2S/c1-7-13-10(17-15-7)9-8(5-6-18-9)14-11(16)12(2,3)4/h5-6H,1-4H3,(H,14,16). The lowest BCUT2D eigenvalue weighted by Gasteiger charge is -2.17. The third-order valence-electron chi connectivity index (χ3n) is 2.32. The van der Waals surface area contributed by atoms with Gasteiger partial charge in [-0.3, -0.25) is 4.79 Å². The summed E-state index contributed by atoms with van der Waals surface area (Å²) in [6.07, 6.45) is 0. The van der Waals surface area contributed by atoms with E-state index in [-0.39, 0.29) is 5.91 Å². The van der Waals surface area contributed by atoms with E-state index in [0.717, 1.165) is 4.88 Å². The van der Waals surface area contributed by atoms with Crippen molar-refractivity contribution in [1.82, 2.24) is 10.1 Å². The molecule has 0 bridgehead atoms. The van der Waals surface area contributed by atoms with Crippen molar-refractivity contribution in [1.29, 1.82) is 0 Å². The summed E-state index contributed by atoms with van der Waals surface area (Å²) in [5.41, 5.74) is 0.271. The van der Waals surface area contributed by atoms with Crippen LogP contribution in [0.1, 0.15) is 26.6 Å². The number of aromatic nitrogens is 2. The van der Waals surface area contributed by atoms with Crippen molar-refractivity contribution < 1.29 is 9.32 Å². The molecule has 0 saturated heterocycles. The summed E-state index contributed by atoms with van der Waals surface area (Å²) >= 11 is 1.46. The number of hydrogen-bond acceptors (Lipinski definition) is 5. The summed E-state index contributed by atoms with van der Waals surface area (Å²) in [5, 5.41) is 8.51. The van der Waals surface area contributed by atoms with Gasteiger partial charge in [-0.25, -0.2) is 0 Å². The number of carbonyl (C=O) groups is 1. The van der Waals surface area contributed by atoms with Gasteiger partial charge in [0.1, 0.15) is 4.88 Å². The molecule has 0 aromatic carbocycles. The molecule has 0 spiro atoms. The number of thiophene rings is 1. The maximum Gasteiger partial charge on any atom is 0.270 e. The van der Waals surface area contributed by atoms with Gasteiger partial charge in [-0.15, -0.1) is 11.3 Å². The van der Waals surface area contributed by atoms with Gasteiger partial charge in [0.05, 0.1) is 5.69 Å². The van der Waals surface area contributed by atoms with Crippen LogP contribution in [0.2, 0.25) is 0 Å². The summed E-state index contributed by atoms with van der Waals surface area (Å²) in [5.74, 6) is 0.969. The Kier molecular flexibility index (Phi) is 3.21. The normalized spacial score (nSPS) is 11.6. The van der Waals surface area contributed by atoms with Crippen LogP contribution in [0.3, 0.4) is 0 Å². The Morgan fingerprint density at radius 2 is 2.17 bits per heavy atom. The van der Waals surface area contributed by atoms with Crippen LogP contribution in [-0.2, 0) is 4.79 Å². The molecule has 5 nitrogen and oxygen atoms in total. The van der Waals surface area contributed by atoms with Gasteiger partial charge in [-0.2, -0.15) is 4.98 Å². The van der Waals surface area contributed by atoms with Gasteiger partial charge in [0, 0.05) is 5.41 Å². The summed E-state index contributed by atoms with van der Waals surface area (Å²) in [6.45, 7) is 7.36. The van der Waals surface area contributed by atoms with Crippen LogP contribution in [-0.4, -0.2) is 16.0 Å². The zero-order chi connectivity index (χ0) is 13.3. The summed E-state index contributed by atoms with van der Waals surface area (Å²) in [6, 6.07) is 1.84. The first kappa shape index (κ1) is 12.8. The zero-order valence-electron chi connectivity index (χ0n) is 10.8. The van der Waals surface area contributed by atoms with Crippen molar-refractivity contribution in [3.8, 4) is 10.8 Å². The number of hydrogen-bond donors (Lipinski definition) is 1. The molecule has 0 aliphatic carbocycles. The quantitative estimate of drug-likeness (QED) is 0.906. The summed E-state index contributed by atoms with van der Waals surface area (Å²) in [4.78, 5) is 16.9. The first-order valence-electron chi connectivity index (χ1n) is 5.57. The molecule has 1 amide bonds.